The van der Waals surface area contributed by atoms with Gasteiger partial charge in [-0.1, -0.05) is 39.0 Å². The Labute approximate surface area is 230 Å². The summed E-state index contributed by atoms with van der Waals surface area (Å²) in [6, 6.07) is -1.48. The normalized spacial score (nSPS) is 44.8. The van der Waals surface area contributed by atoms with E-state index in [0.717, 1.165) is 6.92 Å². The van der Waals surface area contributed by atoms with Crippen LogP contribution in [0.15, 0.2) is 23.8 Å². The predicted molar refractivity (Wildman–Crippen MR) is 142 cm³/mol. The highest BCUT2D eigenvalue weighted by Gasteiger charge is 2.68. The third kappa shape index (κ3) is 4.55. The van der Waals surface area contributed by atoms with Crippen molar-refractivity contribution in [1.82, 2.24) is 5.32 Å². The molecule has 2 fully saturated rings. The lowest BCUT2D eigenvalue weighted by Crippen LogP contribution is -2.68. The summed E-state index contributed by atoms with van der Waals surface area (Å²) in [5.41, 5.74) is -4.83. The topological polar surface area (TPSA) is 178 Å². The van der Waals surface area contributed by atoms with Crippen molar-refractivity contribution >= 4 is 34.2 Å². The molecule has 12 atom stereocenters. The summed E-state index contributed by atoms with van der Waals surface area (Å²) < 4.78 is 13.0. The Morgan fingerprint density at radius 2 is 1.77 bits per heavy atom. The largest absolute Gasteiger partial charge is 0.480 e. The summed E-state index contributed by atoms with van der Waals surface area (Å²) in [4.78, 5) is 51.2. The summed E-state index contributed by atoms with van der Waals surface area (Å²) in [5.74, 6) is -8.13. The highest BCUT2D eigenvalue weighted by Crippen LogP contribution is 2.62. The molecule has 0 unspecified atom stereocenters. The first-order valence-electron chi connectivity index (χ1n) is 13.4. The van der Waals surface area contributed by atoms with Crippen LogP contribution in [0.5, 0.6) is 0 Å². The van der Waals surface area contributed by atoms with Gasteiger partial charge in [-0.05, 0) is 37.2 Å². The number of Topliss-reactive ketones (excluding diaryl/α,β-unsaturated/α-hetero) is 2. The fourth-order valence-electron chi connectivity index (χ4n) is 7.59. The third-order valence-corrected chi connectivity index (χ3v) is 11.4. The van der Waals surface area contributed by atoms with Gasteiger partial charge in [0.05, 0.1) is 23.2 Å². The molecule has 216 valence electrons. The second-order valence-electron chi connectivity index (χ2n) is 12.4. The Bertz CT molecular complexity index is 1180. The number of aliphatic hydroxyl groups is 3. The minimum atomic E-state index is -2.25. The van der Waals surface area contributed by atoms with Gasteiger partial charge in [-0.3, -0.25) is 18.6 Å². The molecule has 2 saturated carbocycles. The number of hydrogen-bond donors (Lipinski definition) is 5. The van der Waals surface area contributed by atoms with Crippen molar-refractivity contribution in [3.63, 3.8) is 0 Å². The van der Waals surface area contributed by atoms with E-state index in [0.29, 0.717) is 12.8 Å². The van der Waals surface area contributed by atoms with Gasteiger partial charge in [-0.15, -0.1) is 0 Å². The van der Waals surface area contributed by atoms with Gasteiger partial charge in [0.1, 0.15) is 17.6 Å². The molecule has 0 spiro atoms. The molecule has 0 radical (unpaired) electrons. The Kier molecular flexibility index (Phi) is 7.64. The molecule has 0 saturated heterocycles. The molecule has 10 nitrogen and oxygen atoms in total. The van der Waals surface area contributed by atoms with Crippen LogP contribution in [0.4, 0.5) is 0 Å². The van der Waals surface area contributed by atoms with Crippen LogP contribution in [0, 0.1) is 40.9 Å². The van der Waals surface area contributed by atoms with Gasteiger partial charge in [0, 0.05) is 40.9 Å². The molecule has 0 aliphatic heterocycles. The number of carbonyl (C=O) groups is 4. The van der Waals surface area contributed by atoms with E-state index >= 15 is 0 Å². The molecule has 4 aliphatic carbocycles. The van der Waals surface area contributed by atoms with Gasteiger partial charge >= 0.3 is 5.97 Å². The van der Waals surface area contributed by atoms with Crippen molar-refractivity contribution in [1.29, 1.82) is 0 Å². The number of carboxylic acids is 1. The summed E-state index contributed by atoms with van der Waals surface area (Å²) >= 11 is 0. The maximum Gasteiger partial charge on any atom is 0.327 e. The number of hydrogen-bond acceptors (Lipinski definition) is 8. The average Bonchev–Trinajstić information content (AvgIpc) is 2.83. The first-order chi connectivity index (χ1) is 18.0. The number of carboxylic acid groups (broad SMARTS) is 1. The van der Waals surface area contributed by atoms with Crippen LogP contribution in [0.2, 0.25) is 0 Å². The van der Waals surface area contributed by atoms with Crippen LogP contribution >= 0.6 is 0 Å². The Morgan fingerprint density at radius 1 is 1.13 bits per heavy atom. The fourth-order valence-corrected chi connectivity index (χ4v) is 9.20. The minimum absolute atomic E-state index is 0.0371. The maximum atomic E-state index is 14.3. The number of ketones is 2. The molecule has 0 heterocycles. The molecule has 0 bridgehead atoms. The van der Waals surface area contributed by atoms with Crippen LogP contribution in [0.1, 0.15) is 47.5 Å². The molecule has 39 heavy (non-hydrogen) atoms. The number of aliphatic hydroxyl groups excluding tert-OH is 1. The lowest BCUT2D eigenvalue weighted by Gasteiger charge is -2.60. The van der Waals surface area contributed by atoms with Crippen LogP contribution in [0.25, 0.3) is 0 Å². The molecular weight excluding hydrogens is 526 g/mol. The van der Waals surface area contributed by atoms with Gasteiger partial charge in [0.15, 0.2) is 11.6 Å². The van der Waals surface area contributed by atoms with Crippen molar-refractivity contribution < 1.29 is 43.8 Å². The predicted octanol–water partition coefficient (Wildman–Crippen LogP) is 0.366. The number of amides is 1. The number of carbonyl (C=O) groups excluding carboxylic acids is 3. The van der Waals surface area contributed by atoms with E-state index in [1.807, 2.05) is 13.0 Å². The van der Waals surface area contributed by atoms with Crippen molar-refractivity contribution in [2.24, 2.45) is 40.9 Å². The quantitative estimate of drug-likeness (QED) is 0.225. The first kappa shape index (κ1) is 29.8. The van der Waals surface area contributed by atoms with Crippen LogP contribution in [-0.2, 0) is 30.0 Å². The second kappa shape index (κ2) is 10.0. The van der Waals surface area contributed by atoms with Crippen LogP contribution < -0.4 is 5.32 Å². The zero-order valence-electron chi connectivity index (χ0n) is 22.9. The van der Waals surface area contributed by atoms with E-state index in [-0.39, 0.29) is 23.3 Å². The van der Waals surface area contributed by atoms with Crippen molar-refractivity contribution in [3.05, 3.63) is 23.8 Å². The fraction of sp³-hybridized carbons (Fsp3) is 0.714. The molecule has 0 aromatic heterocycles. The molecule has 4 aliphatic rings. The van der Waals surface area contributed by atoms with E-state index in [1.54, 1.807) is 19.9 Å². The average molecular weight is 566 g/mol. The van der Waals surface area contributed by atoms with E-state index in [1.165, 1.54) is 13.0 Å². The maximum absolute atomic E-state index is 14.3. The van der Waals surface area contributed by atoms with Crippen molar-refractivity contribution in [3.8, 4) is 0 Å². The Hall–Kier alpha value is -2.21. The Morgan fingerprint density at radius 3 is 2.36 bits per heavy atom. The zero-order chi connectivity index (χ0) is 29.2. The van der Waals surface area contributed by atoms with E-state index in [9.17, 15) is 43.8 Å². The lowest BCUT2D eigenvalue weighted by molar-refractivity contribution is -0.171. The summed E-state index contributed by atoms with van der Waals surface area (Å²) in [6.07, 6.45) is 5.85. The summed E-state index contributed by atoms with van der Waals surface area (Å²) in [5, 5.41) is 46.0. The van der Waals surface area contributed by atoms with Crippen molar-refractivity contribution in [2.75, 3.05) is 11.5 Å². The first-order valence-corrected chi connectivity index (χ1v) is 14.9. The summed E-state index contributed by atoms with van der Waals surface area (Å²) in [6.45, 7) is 7.91. The minimum Gasteiger partial charge on any atom is -0.480 e. The standard InChI is InChI=1S/C28H39NO9S/c1-13-6-8-17-16(22(13)31)7-9-20-26(17,4)23(32)21-18(27(20,5)36)10-14(2)28(37,24(21)33)12-39(38)11-19(25(34)35)29-15(3)30/h7,9-10,13-14,16-17,19-22,31,36-37H,6,8,11-12H2,1-5H3,(H,29,30)(H,34,35)/t13-,14+,16+,17+,19+,20-,21-,22-,26-,27-,28-,39+/m1/s1. The molecule has 4 rings (SSSR count). The zero-order valence-corrected chi connectivity index (χ0v) is 23.7. The van der Waals surface area contributed by atoms with Gasteiger partial charge < -0.3 is 25.7 Å². The smallest absolute Gasteiger partial charge is 0.327 e. The molecule has 11 heteroatoms. The second-order valence-corrected chi connectivity index (χ2v) is 13.9. The van der Waals surface area contributed by atoms with Gasteiger partial charge in [0.2, 0.25) is 5.91 Å². The Balaban J connectivity index is 1.71. The van der Waals surface area contributed by atoms with E-state index in [2.05, 4.69) is 5.32 Å². The monoisotopic (exact) mass is 565 g/mol. The van der Waals surface area contributed by atoms with E-state index < -0.39 is 92.3 Å². The molecule has 5 N–H and O–H groups in total. The van der Waals surface area contributed by atoms with Crippen LogP contribution in [0.3, 0.4) is 0 Å². The molecule has 0 aromatic rings. The molecule has 0 aromatic carbocycles. The lowest BCUT2D eigenvalue weighted by atomic mass is 9.43. The highest BCUT2D eigenvalue weighted by atomic mass is 32.2. The number of aliphatic carboxylic acids is 1. The van der Waals surface area contributed by atoms with Crippen molar-refractivity contribution in [2.45, 2.75) is 70.8 Å². The summed E-state index contributed by atoms with van der Waals surface area (Å²) in [7, 11) is -2.06. The molecular formula is C28H39NO9S. The highest BCUT2D eigenvalue weighted by molar-refractivity contribution is 7.85. The van der Waals surface area contributed by atoms with Crippen LogP contribution in [-0.4, -0.2) is 82.9 Å². The van der Waals surface area contributed by atoms with Gasteiger partial charge in [0.25, 0.3) is 0 Å². The number of rotatable bonds is 6. The SMILES string of the molecule is CC(=O)N[C@@H](C[S@](=O)C[C@]1(O)C(=O)[C@H]2C(=O)[C@@]3(C)[C@@H](C=C[C@@H]4[C@H](O)[C@H](C)CC[C@@H]43)[C@](C)(O)C2=C[C@@H]1C)C(=O)O. The van der Waals surface area contributed by atoms with E-state index in [4.69, 9.17) is 0 Å². The third-order valence-electron chi connectivity index (χ3n) is 9.89. The number of nitrogens with one attached hydrogen (secondary N) is 1. The number of fused-ring (bicyclic) bond motifs is 4. The van der Waals surface area contributed by atoms with Gasteiger partial charge in [-0.2, -0.15) is 0 Å². The van der Waals surface area contributed by atoms with Gasteiger partial charge in [-0.25, -0.2) is 4.79 Å². The molecule has 1 amide bonds.